The number of carbonyl (C=O) groups is 2. The van der Waals surface area contributed by atoms with Crippen molar-refractivity contribution >= 4 is 17.5 Å². The van der Waals surface area contributed by atoms with Crippen LogP contribution < -0.4 is 10.1 Å². The third kappa shape index (κ3) is 5.09. The Morgan fingerprint density at radius 2 is 1.81 bits per heavy atom. The Morgan fingerprint density at radius 3 is 2.44 bits per heavy atom. The number of rotatable bonds is 5. The van der Waals surface area contributed by atoms with Crippen LogP contribution in [0.2, 0.25) is 0 Å². The molecule has 142 valence electrons. The lowest BCUT2D eigenvalue weighted by Crippen LogP contribution is -2.37. The van der Waals surface area contributed by atoms with Crippen LogP contribution in [-0.2, 0) is 11.2 Å². The first kappa shape index (κ1) is 19.0. The normalized spacial score (nSPS) is 14.7. The second-order valence-electron chi connectivity index (χ2n) is 7.04. The van der Waals surface area contributed by atoms with Gasteiger partial charge in [-0.15, -0.1) is 0 Å². The van der Waals surface area contributed by atoms with Crippen LogP contribution in [-0.4, -0.2) is 36.9 Å². The Labute approximate surface area is 160 Å². The number of piperidine rings is 1. The number of methoxy groups -OCH3 is 1. The zero-order valence-corrected chi connectivity index (χ0v) is 15.9. The van der Waals surface area contributed by atoms with Gasteiger partial charge in [0.25, 0.3) is 5.91 Å². The van der Waals surface area contributed by atoms with Crippen molar-refractivity contribution in [2.24, 2.45) is 5.92 Å². The van der Waals surface area contributed by atoms with Crippen LogP contribution >= 0.6 is 0 Å². The van der Waals surface area contributed by atoms with Crippen LogP contribution in [0.25, 0.3) is 0 Å². The SMILES string of the molecule is COc1cccc(NC(=O)c2ccc(CC3CCN(C(C)=O)CC3)cc2)c1. The molecule has 2 aromatic rings. The van der Waals surface area contributed by atoms with Crippen molar-refractivity contribution in [1.29, 1.82) is 0 Å². The van der Waals surface area contributed by atoms with Gasteiger partial charge in [-0.1, -0.05) is 18.2 Å². The molecule has 1 saturated heterocycles. The van der Waals surface area contributed by atoms with Crippen molar-refractivity contribution in [3.8, 4) is 5.75 Å². The van der Waals surface area contributed by atoms with E-state index in [1.807, 2.05) is 47.4 Å². The van der Waals surface area contributed by atoms with Crippen molar-refractivity contribution in [1.82, 2.24) is 4.90 Å². The van der Waals surface area contributed by atoms with E-state index in [4.69, 9.17) is 4.74 Å². The lowest BCUT2D eigenvalue weighted by Gasteiger charge is -2.31. The number of anilines is 1. The van der Waals surface area contributed by atoms with Gasteiger partial charge in [0.05, 0.1) is 7.11 Å². The summed E-state index contributed by atoms with van der Waals surface area (Å²) >= 11 is 0. The monoisotopic (exact) mass is 366 g/mol. The van der Waals surface area contributed by atoms with Gasteiger partial charge in [-0.2, -0.15) is 0 Å². The quantitative estimate of drug-likeness (QED) is 0.877. The van der Waals surface area contributed by atoms with Gasteiger partial charge in [0.1, 0.15) is 5.75 Å². The lowest BCUT2D eigenvalue weighted by molar-refractivity contribution is -0.130. The van der Waals surface area contributed by atoms with Gasteiger partial charge in [0.15, 0.2) is 0 Å². The number of carbonyl (C=O) groups excluding carboxylic acids is 2. The molecule has 0 radical (unpaired) electrons. The first-order valence-corrected chi connectivity index (χ1v) is 9.35. The molecule has 0 atom stereocenters. The summed E-state index contributed by atoms with van der Waals surface area (Å²) in [5.74, 6) is 1.33. The molecule has 1 aliphatic rings. The molecule has 5 heteroatoms. The fourth-order valence-corrected chi connectivity index (χ4v) is 3.48. The van der Waals surface area contributed by atoms with Gasteiger partial charge < -0.3 is 15.0 Å². The average Bonchev–Trinajstić information content (AvgIpc) is 2.69. The van der Waals surface area contributed by atoms with Gasteiger partial charge in [-0.05, 0) is 55.0 Å². The maximum Gasteiger partial charge on any atom is 0.255 e. The molecule has 2 aromatic carbocycles. The summed E-state index contributed by atoms with van der Waals surface area (Å²) in [6.45, 7) is 3.33. The predicted octanol–water partition coefficient (Wildman–Crippen LogP) is 3.75. The molecule has 5 nitrogen and oxygen atoms in total. The molecule has 27 heavy (non-hydrogen) atoms. The molecule has 0 unspecified atom stereocenters. The number of nitrogens with one attached hydrogen (secondary N) is 1. The van der Waals surface area contributed by atoms with Crippen LogP contribution in [0.1, 0.15) is 35.7 Å². The Morgan fingerprint density at radius 1 is 1.11 bits per heavy atom. The molecule has 2 amide bonds. The summed E-state index contributed by atoms with van der Waals surface area (Å²) in [6.07, 6.45) is 3.07. The number of nitrogens with zero attached hydrogens (tertiary/aromatic N) is 1. The maximum absolute atomic E-state index is 12.4. The summed E-state index contributed by atoms with van der Waals surface area (Å²) in [6, 6.07) is 15.1. The smallest absolute Gasteiger partial charge is 0.255 e. The van der Waals surface area contributed by atoms with Crippen molar-refractivity contribution < 1.29 is 14.3 Å². The number of hydrogen-bond donors (Lipinski definition) is 1. The number of likely N-dealkylation sites (tertiary alicyclic amines) is 1. The van der Waals surface area contributed by atoms with E-state index in [1.54, 1.807) is 20.1 Å². The number of benzene rings is 2. The molecule has 0 aliphatic carbocycles. The second-order valence-corrected chi connectivity index (χ2v) is 7.04. The second kappa shape index (κ2) is 8.71. The molecule has 1 fully saturated rings. The zero-order chi connectivity index (χ0) is 19.2. The van der Waals surface area contributed by atoms with Crippen molar-refractivity contribution in [2.75, 3.05) is 25.5 Å². The van der Waals surface area contributed by atoms with E-state index in [2.05, 4.69) is 5.32 Å². The molecule has 0 aromatic heterocycles. The third-order valence-corrected chi connectivity index (χ3v) is 5.13. The van der Waals surface area contributed by atoms with E-state index in [9.17, 15) is 9.59 Å². The van der Waals surface area contributed by atoms with E-state index >= 15 is 0 Å². The van der Waals surface area contributed by atoms with Gasteiger partial charge >= 0.3 is 0 Å². The van der Waals surface area contributed by atoms with E-state index in [-0.39, 0.29) is 11.8 Å². The first-order chi connectivity index (χ1) is 13.0. The summed E-state index contributed by atoms with van der Waals surface area (Å²) in [7, 11) is 1.60. The Bertz CT molecular complexity index is 793. The molecule has 0 spiro atoms. The van der Waals surface area contributed by atoms with E-state index in [1.165, 1.54) is 5.56 Å². The largest absolute Gasteiger partial charge is 0.497 e. The highest BCUT2D eigenvalue weighted by Gasteiger charge is 2.20. The Kier molecular flexibility index (Phi) is 6.12. The molecule has 0 saturated carbocycles. The van der Waals surface area contributed by atoms with Crippen molar-refractivity contribution in [3.05, 3.63) is 59.7 Å². The molecule has 1 aliphatic heterocycles. The van der Waals surface area contributed by atoms with Crippen LogP contribution in [0, 0.1) is 5.92 Å². The average molecular weight is 366 g/mol. The fourth-order valence-electron chi connectivity index (χ4n) is 3.48. The minimum atomic E-state index is -0.135. The lowest BCUT2D eigenvalue weighted by atomic mass is 9.90. The van der Waals surface area contributed by atoms with Crippen molar-refractivity contribution in [2.45, 2.75) is 26.2 Å². The molecule has 1 N–H and O–H groups in total. The third-order valence-electron chi connectivity index (χ3n) is 5.13. The zero-order valence-electron chi connectivity index (χ0n) is 15.9. The van der Waals surface area contributed by atoms with Crippen LogP contribution in [0.15, 0.2) is 48.5 Å². The number of hydrogen-bond acceptors (Lipinski definition) is 3. The molecular formula is C22H26N2O3. The first-order valence-electron chi connectivity index (χ1n) is 9.35. The van der Waals surface area contributed by atoms with Crippen molar-refractivity contribution in [3.63, 3.8) is 0 Å². The van der Waals surface area contributed by atoms with Gasteiger partial charge in [-0.25, -0.2) is 0 Å². The predicted molar refractivity (Wildman–Crippen MR) is 106 cm³/mol. The Balaban J connectivity index is 1.55. The van der Waals surface area contributed by atoms with E-state index in [0.717, 1.165) is 32.4 Å². The van der Waals surface area contributed by atoms with E-state index < -0.39 is 0 Å². The maximum atomic E-state index is 12.4. The molecule has 1 heterocycles. The van der Waals surface area contributed by atoms with E-state index in [0.29, 0.717) is 22.9 Å². The minimum Gasteiger partial charge on any atom is -0.497 e. The van der Waals surface area contributed by atoms with Gasteiger partial charge in [-0.3, -0.25) is 9.59 Å². The summed E-state index contributed by atoms with van der Waals surface area (Å²) in [5, 5.41) is 2.89. The van der Waals surface area contributed by atoms with Crippen LogP contribution in [0.4, 0.5) is 5.69 Å². The van der Waals surface area contributed by atoms with Crippen LogP contribution in [0.5, 0.6) is 5.75 Å². The summed E-state index contributed by atoms with van der Waals surface area (Å²) in [5.41, 5.74) is 2.57. The minimum absolute atomic E-state index is 0.135. The number of ether oxygens (including phenoxy) is 1. The van der Waals surface area contributed by atoms with Crippen LogP contribution in [0.3, 0.4) is 0 Å². The van der Waals surface area contributed by atoms with Gasteiger partial charge in [0, 0.05) is 37.3 Å². The molecular weight excluding hydrogens is 340 g/mol. The topological polar surface area (TPSA) is 58.6 Å². The van der Waals surface area contributed by atoms with Gasteiger partial charge in [0.2, 0.25) is 5.91 Å². The summed E-state index contributed by atoms with van der Waals surface area (Å²) in [4.78, 5) is 25.8. The standard InChI is InChI=1S/C22H26N2O3/c1-16(25)24-12-10-18(11-13-24)14-17-6-8-19(9-7-17)22(26)23-20-4-3-5-21(15-20)27-2/h3-9,15,18H,10-14H2,1-2H3,(H,23,26). The molecule has 3 rings (SSSR count). The Hall–Kier alpha value is -2.82. The highest BCUT2D eigenvalue weighted by Crippen LogP contribution is 2.22. The molecule has 0 bridgehead atoms. The summed E-state index contributed by atoms with van der Waals surface area (Å²) < 4.78 is 5.18. The highest BCUT2D eigenvalue weighted by atomic mass is 16.5. The number of amides is 2. The fraction of sp³-hybridized carbons (Fsp3) is 0.364. The highest BCUT2D eigenvalue weighted by molar-refractivity contribution is 6.04.